The summed E-state index contributed by atoms with van der Waals surface area (Å²) >= 11 is 0. The normalized spacial score (nSPS) is 24.6. The van der Waals surface area contributed by atoms with Gasteiger partial charge in [0.05, 0.1) is 0 Å². The van der Waals surface area contributed by atoms with E-state index in [4.69, 9.17) is 5.11 Å². The molecule has 3 N–H and O–H groups in total. The van der Waals surface area contributed by atoms with Crippen molar-refractivity contribution in [2.45, 2.75) is 31.2 Å². The number of amides is 3. The van der Waals surface area contributed by atoms with Crippen LogP contribution in [0.15, 0.2) is 24.3 Å². The van der Waals surface area contributed by atoms with Crippen molar-refractivity contribution < 1.29 is 19.1 Å². The first-order valence-corrected chi connectivity index (χ1v) is 8.77. The zero-order valence-corrected chi connectivity index (χ0v) is 14.1. The van der Waals surface area contributed by atoms with Gasteiger partial charge in [-0.15, -0.1) is 0 Å². The Labute approximate surface area is 146 Å². The molecule has 2 heterocycles. The highest BCUT2D eigenvalue weighted by Gasteiger charge is 2.55. The molecule has 2 aliphatic rings. The number of nitrogens with one attached hydrogen (secondary N) is 2. The molecular weight excluding hydrogens is 325 g/mol. The maximum atomic E-state index is 13.2. The minimum atomic E-state index is -0.994. The molecule has 0 spiro atoms. The summed E-state index contributed by atoms with van der Waals surface area (Å²) in [5.41, 5.74) is -0.176. The third-order valence-electron chi connectivity index (χ3n) is 5.17. The molecule has 2 fully saturated rings. The van der Waals surface area contributed by atoms with E-state index in [2.05, 4.69) is 10.6 Å². The van der Waals surface area contributed by atoms with Crippen molar-refractivity contribution in [1.29, 1.82) is 0 Å². The predicted octanol–water partition coefficient (Wildman–Crippen LogP) is 1.04. The van der Waals surface area contributed by atoms with Gasteiger partial charge in [0.2, 0.25) is 0 Å². The van der Waals surface area contributed by atoms with Crippen LogP contribution in [0.2, 0.25) is 0 Å². The minimum Gasteiger partial charge on any atom is -0.396 e. The molecule has 0 unspecified atom stereocenters. The lowest BCUT2D eigenvalue weighted by Gasteiger charge is -2.38. The topological polar surface area (TPSA) is 81.7 Å². The molecule has 3 amide bonds. The number of nitrogens with zero attached hydrogens (tertiary/aromatic N) is 1. The Kier molecular flexibility index (Phi) is 5.34. The van der Waals surface area contributed by atoms with Gasteiger partial charge in [-0.1, -0.05) is 12.1 Å². The second-order valence-electron chi connectivity index (χ2n) is 6.76. The van der Waals surface area contributed by atoms with E-state index < -0.39 is 11.6 Å². The van der Waals surface area contributed by atoms with E-state index in [1.54, 1.807) is 12.1 Å². The summed E-state index contributed by atoms with van der Waals surface area (Å²) in [6.45, 7) is 1.73. The van der Waals surface area contributed by atoms with E-state index in [-0.39, 0.29) is 30.8 Å². The van der Waals surface area contributed by atoms with Gasteiger partial charge in [0.1, 0.15) is 11.4 Å². The Bertz CT molecular complexity index is 631. The Morgan fingerprint density at radius 2 is 1.88 bits per heavy atom. The molecule has 0 radical (unpaired) electrons. The van der Waals surface area contributed by atoms with E-state index in [0.29, 0.717) is 12.8 Å². The van der Waals surface area contributed by atoms with Crippen LogP contribution in [0, 0.1) is 11.7 Å². The van der Waals surface area contributed by atoms with Gasteiger partial charge in [-0.25, -0.2) is 9.18 Å². The summed E-state index contributed by atoms with van der Waals surface area (Å²) in [6, 6.07) is 5.66. The molecule has 25 heavy (non-hydrogen) atoms. The number of carbonyl (C=O) groups excluding carboxylic acids is 2. The Morgan fingerprint density at radius 1 is 1.20 bits per heavy atom. The van der Waals surface area contributed by atoms with Crippen LogP contribution < -0.4 is 10.6 Å². The van der Waals surface area contributed by atoms with Gasteiger partial charge < -0.3 is 15.7 Å². The van der Waals surface area contributed by atoms with E-state index in [1.165, 1.54) is 17.0 Å². The van der Waals surface area contributed by atoms with Gasteiger partial charge in [0.25, 0.3) is 5.91 Å². The summed E-state index contributed by atoms with van der Waals surface area (Å²) in [4.78, 5) is 26.8. The molecule has 1 aromatic carbocycles. The molecular formula is C18H24FN3O3. The van der Waals surface area contributed by atoms with Crippen LogP contribution in [0.25, 0.3) is 0 Å². The lowest BCUT2D eigenvalue weighted by molar-refractivity contribution is -0.133. The van der Waals surface area contributed by atoms with E-state index in [1.807, 2.05) is 0 Å². The standard InChI is InChI=1S/C18H24FN3O3/c19-15-4-2-13(3-5-15)12-18(14-6-8-20-9-7-14)16(24)22(10-1-11-23)17(25)21-18/h2-5,14,20,23H,1,6-12H2,(H,21,25)/t18-/m0/s1. The number of hydrogen-bond acceptors (Lipinski definition) is 4. The molecule has 0 bridgehead atoms. The zero-order valence-electron chi connectivity index (χ0n) is 14.1. The largest absolute Gasteiger partial charge is 0.396 e. The predicted molar refractivity (Wildman–Crippen MR) is 90.4 cm³/mol. The number of carbonyl (C=O) groups is 2. The van der Waals surface area contributed by atoms with Crippen molar-refractivity contribution in [3.8, 4) is 0 Å². The SMILES string of the molecule is O=C1N[C@@](Cc2ccc(F)cc2)(C2CCNCC2)C(=O)N1CCCO. The summed E-state index contributed by atoms with van der Waals surface area (Å²) in [7, 11) is 0. The van der Waals surface area contributed by atoms with Crippen molar-refractivity contribution in [3.63, 3.8) is 0 Å². The highest BCUT2D eigenvalue weighted by atomic mass is 19.1. The van der Waals surface area contributed by atoms with Crippen LogP contribution in [0.5, 0.6) is 0 Å². The highest BCUT2D eigenvalue weighted by Crippen LogP contribution is 2.35. The third kappa shape index (κ3) is 3.52. The second-order valence-corrected chi connectivity index (χ2v) is 6.76. The van der Waals surface area contributed by atoms with E-state index in [9.17, 15) is 14.0 Å². The molecule has 0 aromatic heterocycles. The smallest absolute Gasteiger partial charge is 0.325 e. The number of urea groups is 1. The number of hydrogen-bond donors (Lipinski definition) is 3. The number of rotatable bonds is 6. The first-order chi connectivity index (χ1) is 12.1. The summed E-state index contributed by atoms with van der Waals surface area (Å²) < 4.78 is 13.2. The first-order valence-electron chi connectivity index (χ1n) is 8.77. The number of aliphatic hydroxyl groups excluding tert-OH is 1. The van der Waals surface area contributed by atoms with Crippen LogP contribution in [-0.2, 0) is 11.2 Å². The number of benzene rings is 1. The molecule has 1 atom stereocenters. The Balaban J connectivity index is 1.90. The second kappa shape index (κ2) is 7.49. The van der Waals surface area contributed by atoms with E-state index in [0.717, 1.165) is 31.5 Å². The highest BCUT2D eigenvalue weighted by molar-refractivity contribution is 6.07. The fourth-order valence-corrected chi connectivity index (χ4v) is 3.86. The van der Waals surface area contributed by atoms with Gasteiger partial charge in [-0.2, -0.15) is 0 Å². The summed E-state index contributed by atoms with van der Waals surface area (Å²) in [6.07, 6.45) is 2.29. The summed E-state index contributed by atoms with van der Waals surface area (Å²) in [5.74, 6) is -0.539. The van der Waals surface area contributed by atoms with Crippen molar-refractivity contribution in [2.75, 3.05) is 26.2 Å². The maximum Gasteiger partial charge on any atom is 0.325 e. The molecule has 3 rings (SSSR count). The van der Waals surface area contributed by atoms with Crippen LogP contribution >= 0.6 is 0 Å². The Hall–Kier alpha value is -1.99. The zero-order chi connectivity index (χ0) is 17.9. The number of imide groups is 1. The molecule has 0 aliphatic carbocycles. The Morgan fingerprint density at radius 3 is 2.52 bits per heavy atom. The molecule has 2 aliphatic heterocycles. The third-order valence-corrected chi connectivity index (χ3v) is 5.17. The van der Waals surface area contributed by atoms with Gasteiger partial charge in [-0.3, -0.25) is 9.69 Å². The molecule has 1 aromatic rings. The number of halogens is 1. The van der Waals surface area contributed by atoms with Crippen molar-refractivity contribution in [1.82, 2.24) is 15.5 Å². The van der Waals surface area contributed by atoms with Gasteiger partial charge in [0, 0.05) is 19.6 Å². The van der Waals surface area contributed by atoms with E-state index >= 15 is 0 Å². The molecule has 7 heteroatoms. The quantitative estimate of drug-likeness (QED) is 0.671. The van der Waals surface area contributed by atoms with Crippen LogP contribution in [0.1, 0.15) is 24.8 Å². The molecule has 136 valence electrons. The minimum absolute atomic E-state index is 0.0226. The first kappa shape index (κ1) is 17.8. The van der Waals surface area contributed by atoms with Crippen molar-refractivity contribution in [3.05, 3.63) is 35.6 Å². The summed E-state index contributed by atoms with van der Waals surface area (Å²) in [5, 5.41) is 15.2. The van der Waals surface area contributed by atoms with Crippen molar-refractivity contribution >= 4 is 11.9 Å². The fourth-order valence-electron chi connectivity index (χ4n) is 3.86. The maximum absolute atomic E-state index is 13.2. The lowest BCUT2D eigenvalue weighted by Crippen LogP contribution is -2.57. The van der Waals surface area contributed by atoms with Crippen LogP contribution in [0.4, 0.5) is 9.18 Å². The number of aliphatic hydroxyl groups is 1. The lowest BCUT2D eigenvalue weighted by atomic mass is 9.74. The molecule has 2 saturated heterocycles. The van der Waals surface area contributed by atoms with Crippen LogP contribution in [0.3, 0.4) is 0 Å². The average molecular weight is 349 g/mol. The van der Waals surface area contributed by atoms with Crippen LogP contribution in [-0.4, -0.2) is 53.7 Å². The van der Waals surface area contributed by atoms with Gasteiger partial charge in [-0.05, 0) is 56.0 Å². The number of piperidine rings is 1. The van der Waals surface area contributed by atoms with Gasteiger partial charge >= 0.3 is 6.03 Å². The molecule has 0 saturated carbocycles. The fraction of sp³-hybridized carbons (Fsp3) is 0.556. The van der Waals surface area contributed by atoms with Crippen molar-refractivity contribution in [2.24, 2.45) is 5.92 Å². The van der Waals surface area contributed by atoms with Gasteiger partial charge in [0.15, 0.2) is 0 Å². The molecule has 6 nitrogen and oxygen atoms in total. The average Bonchev–Trinajstić information content (AvgIpc) is 2.87. The monoisotopic (exact) mass is 349 g/mol.